The number of hydrogen-bond donors (Lipinski definition) is 3. The number of amides is 2. The number of ether oxygens (including phenoxy) is 1. The molecule has 1 heterocycles. The fourth-order valence-electron chi connectivity index (χ4n) is 1.90. The smallest absolute Gasteiger partial charge is 0.242 e. The molecule has 3 N–H and O–H groups in total. The van der Waals surface area contributed by atoms with Crippen molar-refractivity contribution in [3.05, 3.63) is 0 Å². The molecule has 0 saturated carbocycles. The molecule has 0 spiro atoms. The van der Waals surface area contributed by atoms with Crippen LogP contribution in [-0.2, 0) is 14.3 Å². The van der Waals surface area contributed by atoms with E-state index in [0.717, 1.165) is 19.4 Å². The lowest BCUT2D eigenvalue weighted by Gasteiger charge is -2.23. The Hall–Kier alpha value is -1.14. The van der Waals surface area contributed by atoms with E-state index in [4.69, 9.17) is 4.74 Å². The first-order chi connectivity index (χ1) is 8.65. The molecule has 1 saturated heterocycles. The Morgan fingerprint density at radius 1 is 1.50 bits per heavy atom. The maximum Gasteiger partial charge on any atom is 0.242 e. The van der Waals surface area contributed by atoms with E-state index in [0.29, 0.717) is 19.7 Å². The largest absolute Gasteiger partial charge is 0.383 e. The minimum absolute atomic E-state index is 0.0204. The van der Waals surface area contributed by atoms with E-state index in [9.17, 15) is 9.59 Å². The lowest BCUT2D eigenvalue weighted by atomic mass is 9.98. The standard InChI is InChI=1S/C12H23N3O3/c1-9(11(16)14-6-7-18-2)15-12(17)10-4-3-5-13-8-10/h9-10,13H,3-8H2,1-2H3,(H,14,16)(H,15,17)/t9?,10-/m0/s1. The number of piperidine rings is 1. The molecule has 1 aliphatic rings. The average molecular weight is 257 g/mol. The Balaban J connectivity index is 2.27. The number of hydrogen-bond acceptors (Lipinski definition) is 4. The second-order valence-corrected chi connectivity index (χ2v) is 4.56. The fraction of sp³-hybridized carbons (Fsp3) is 0.833. The molecule has 1 unspecified atom stereocenters. The van der Waals surface area contributed by atoms with Crippen molar-refractivity contribution < 1.29 is 14.3 Å². The van der Waals surface area contributed by atoms with E-state index in [2.05, 4.69) is 16.0 Å². The Bertz CT molecular complexity index is 278. The van der Waals surface area contributed by atoms with Crippen molar-refractivity contribution in [2.45, 2.75) is 25.8 Å². The molecule has 0 aromatic heterocycles. The highest BCUT2D eigenvalue weighted by Gasteiger charge is 2.23. The molecule has 2 amide bonds. The highest BCUT2D eigenvalue weighted by Crippen LogP contribution is 2.09. The summed E-state index contributed by atoms with van der Waals surface area (Å²) >= 11 is 0. The molecule has 0 aromatic carbocycles. The van der Waals surface area contributed by atoms with Gasteiger partial charge in [-0.2, -0.15) is 0 Å². The average Bonchev–Trinajstić information content (AvgIpc) is 2.39. The zero-order valence-electron chi connectivity index (χ0n) is 11.1. The van der Waals surface area contributed by atoms with Crippen LogP contribution in [0.5, 0.6) is 0 Å². The lowest BCUT2D eigenvalue weighted by Crippen LogP contribution is -2.49. The summed E-state index contributed by atoms with van der Waals surface area (Å²) in [5.41, 5.74) is 0. The summed E-state index contributed by atoms with van der Waals surface area (Å²) < 4.78 is 4.84. The Kier molecular flexibility index (Phi) is 6.67. The molecule has 1 aliphatic heterocycles. The van der Waals surface area contributed by atoms with Crippen LogP contribution < -0.4 is 16.0 Å². The predicted molar refractivity (Wildman–Crippen MR) is 68.1 cm³/mol. The van der Waals surface area contributed by atoms with E-state index >= 15 is 0 Å². The summed E-state index contributed by atoms with van der Waals surface area (Å²) in [4.78, 5) is 23.5. The van der Waals surface area contributed by atoms with E-state index in [1.807, 2.05) is 0 Å². The van der Waals surface area contributed by atoms with Crippen molar-refractivity contribution in [1.82, 2.24) is 16.0 Å². The number of rotatable bonds is 6. The van der Waals surface area contributed by atoms with Crippen molar-refractivity contribution >= 4 is 11.8 Å². The molecule has 0 aliphatic carbocycles. The highest BCUT2D eigenvalue weighted by atomic mass is 16.5. The van der Waals surface area contributed by atoms with Crippen LogP contribution in [-0.4, -0.2) is 51.2 Å². The van der Waals surface area contributed by atoms with Gasteiger partial charge < -0.3 is 20.7 Å². The topological polar surface area (TPSA) is 79.5 Å². The molecule has 6 nitrogen and oxygen atoms in total. The summed E-state index contributed by atoms with van der Waals surface area (Å²) in [6.07, 6.45) is 1.89. The summed E-state index contributed by atoms with van der Waals surface area (Å²) in [5, 5.41) is 8.62. The number of methoxy groups -OCH3 is 1. The van der Waals surface area contributed by atoms with Gasteiger partial charge in [0.2, 0.25) is 11.8 Å². The molecule has 6 heteroatoms. The number of carbonyl (C=O) groups is 2. The van der Waals surface area contributed by atoms with Gasteiger partial charge in [0, 0.05) is 20.2 Å². The Morgan fingerprint density at radius 2 is 2.28 bits per heavy atom. The van der Waals surface area contributed by atoms with E-state index in [-0.39, 0.29) is 17.7 Å². The van der Waals surface area contributed by atoms with Crippen LogP contribution in [0.1, 0.15) is 19.8 Å². The third-order valence-electron chi connectivity index (χ3n) is 3.03. The van der Waals surface area contributed by atoms with Crippen LogP contribution in [0.15, 0.2) is 0 Å². The highest BCUT2D eigenvalue weighted by molar-refractivity contribution is 5.88. The monoisotopic (exact) mass is 257 g/mol. The lowest BCUT2D eigenvalue weighted by molar-refractivity contribution is -0.131. The van der Waals surface area contributed by atoms with Crippen molar-refractivity contribution in [3.8, 4) is 0 Å². The zero-order valence-corrected chi connectivity index (χ0v) is 11.1. The first kappa shape index (κ1) is 14.9. The maximum atomic E-state index is 11.9. The molecular formula is C12H23N3O3. The summed E-state index contributed by atoms with van der Waals surface area (Å²) in [6, 6.07) is -0.503. The van der Waals surface area contributed by atoms with Gasteiger partial charge in [-0.05, 0) is 26.3 Å². The second kappa shape index (κ2) is 8.05. The molecule has 1 fully saturated rings. The predicted octanol–water partition coefficient (Wildman–Crippen LogP) is -0.747. The van der Waals surface area contributed by atoms with E-state index < -0.39 is 6.04 Å². The van der Waals surface area contributed by atoms with Crippen molar-refractivity contribution in [3.63, 3.8) is 0 Å². The first-order valence-corrected chi connectivity index (χ1v) is 6.43. The van der Waals surface area contributed by atoms with Gasteiger partial charge in [0.15, 0.2) is 0 Å². The van der Waals surface area contributed by atoms with Crippen LogP contribution in [0.4, 0.5) is 0 Å². The minimum atomic E-state index is -0.503. The van der Waals surface area contributed by atoms with Crippen LogP contribution in [0.25, 0.3) is 0 Å². The van der Waals surface area contributed by atoms with Gasteiger partial charge in [-0.3, -0.25) is 9.59 Å². The van der Waals surface area contributed by atoms with Gasteiger partial charge in [0.1, 0.15) is 6.04 Å². The van der Waals surface area contributed by atoms with Crippen molar-refractivity contribution in [2.75, 3.05) is 33.4 Å². The van der Waals surface area contributed by atoms with Crippen molar-refractivity contribution in [1.29, 1.82) is 0 Å². The van der Waals surface area contributed by atoms with Gasteiger partial charge >= 0.3 is 0 Å². The van der Waals surface area contributed by atoms with Gasteiger partial charge in [-0.25, -0.2) is 0 Å². The molecule has 0 aromatic rings. The molecule has 104 valence electrons. The van der Waals surface area contributed by atoms with Gasteiger partial charge in [0.25, 0.3) is 0 Å². The normalized spacial score (nSPS) is 21.1. The third-order valence-corrected chi connectivity index (χ3v) is 3.03. The summed E-state index contributed by atoms with van der Waals surface area (Å²) in [6.45, 7) is 4.29. The van der Waals surface area contributed by atoms with Crippen LogP contribution in [0.3, 0.4) is 0 Å². The third kappa shape index (κ3) is 5.01. The van der Waals surface area contributed by atoms with Gasteiger partial charge in [-0.15, -0.1) is 0 Å². The Morgan fingerprint density at radius 3 is 2.89 bits per heavy atom. The molecule has 0 bridgehead atoms. The van der Waals surface area contributed by atoms with Gasteiger partial charge in [-0.1, -0.05) is 0 Å². The number of carbonyl (C=O) groups excluding carboxylic acids is 2. The van der Waals surface area contributed by atoms with Gasteiger partial charge in [0.05, 0.1) is 12.5 Å². The molecule has 0 radical (unpaired) electrons. The maximum absolute atomic E-state index is 11.9. The summed E-state index contributed by atoms with van der Waals surface area (Å²) in [7, 11) is 1.58. The molecule has 18 heavy (non-hydrogen) atoms. The molecular weight excluding hydrogens is 234 g/mol. The fourth-order valence-corrected chi connectivity index (χ4v) is 1.90. The van der Waals surface area contributed by atoms with E-state index in [1.165, 1.54) is 0 Å². The minimum Gasteiger partial charge on any atom is -0.383 e. The molecule has 1 rings (SSSR count). The Labute approximate surface area is 108 Å². The molecule has 2 atom stereocenters. The van der Waals surface area contributed by atoms with Crippen LogP contribution in [0, 0.1) is 5.92 Å². The van der Waals surface area contributed by atoms with Crippen LogP contribution >= 0.6 is 0 Å². The number of nitrogens with one attached hydrogen (secondary N) is 3. The van der Waals surface area contributed by atoms with Crippen molar-refractivity contribution in [2.24, 2.45) is 5.92 Å². The zero-order chi connectivity index (χ0) is 13.4. The van der Waals surface area contributed by atoms with E-state index in [1.54, 1.807) is 14.0 Å². The first-order valence-electron chi connectivity index (χ1n) is 6.43. The quantitative estimate of drug-likeness (QED) is 0.547. The summed E-state index contributed by atoms with van der Waals surface area (Å²) in [5.74, 6) is -0.242. The SMILES string of the molecule is COCCNC(=O)C(C)NC(=O)[C@H]1CCCNC1. The van der Waals surface area contributed by atoms with Crippen LogP contribution in [0.2, 0.25) is 0 Å². The second-order valence-electron chi connectivity index (χ2n) is 4.56.